The first-order chi connectivity index (χ1) is 12.3. The van der Waals surface area contributed by atoms with E-state index in [0.717, 1.165) is 35.1 Å². The lowest BCUT2D eigenvalue weighted by molar-refractivity contribution is 0.636. The molecule has 1 heterocycles. The number of benzene rings is 1. The number of aromatic nitrogens is 2. The molecule has 2 rings (SSSR count). The van der Waals surface area contributed by atoms with E-state index in [0.29, 0.717) is 6.42 Å². The van der Waals surface area contributed by atoms with E-state index in [1.165, 1.54) is 0 Å². The Balaban J connectivity index is 0.00000151. The number of nitrogens with zero attached hydrogens (tertiary/aromatic N) is 3. The minimum absolute atomic E-state index is 0.0843. The lowest BCUT2D eigenvalue weighted by atomic mass is 9.89. The van der Waals surface area contributed by atoms with Crippen molar-refractivity contribution in [1.29, 1.82) is 5.26 Å². The second-order valence-corrected chi connectivity index (χ2v) is 5.36. The average Bonchev–Trinajstić information content (AvgIpc) is 3.04. The van der Waals surface area contributed by atoms with Crippen molar-refractivity contribution in [2.75, 3.05) is 0 Å². The number of allylic oxidation sites excluding steroid dienone is 5. The van der Waals surface area contributed by atoms with Crippen LogP contribution in [0.3, 0.4) is 0 Å². The Kier molecular flexibility index (Phi) is 9.03. The third-order valence-corrected chi connectivity index (χ3v) is 3.98. The first-order valence-electron chi connectivity index (χ1n) is 9.04. The number of hydrogen-bond acceptors (Lipinski definition) is 2. The van der Waals surface area contributed by atoms with Gasteiger partial charge in [0.1, 0.15) is 0 Å². The van der Waals surface area contributed by atoms with Gasteiger partial charge in [-0.05, 0) is 31.9 Å². The molecule has 2 aromatic rings. The van der Waals surface area contributed by atoms with E-state index in [1.807, 2.05) is 55.8 Å². The number of fused-ring (bicyclic) bond motifs is 1. The normalized spacial score (nSPS) is 12.5. The molecule has 0 spiro atoms. The van der Waals surface area contributed by atoms with Crippen LogP contribution in [0.1, 0.15) is 52.1 Å². The van der Waals surface area contributed by atoms with E-state index in [9.17, 15) is 0 Å². The summed E-state index contributed by atoms with van der Waals surface area (Å²) >= 11 is 0. The Morgan fingerprint density at radius 1 is 1.36 bits per heavy atom. The summed E-state index contributed by atoms with van der Waals surface area (Å²) in [6.07, 6.45) is 9.19. The summed E-state index contributed by atoms with van der Waals surface area (Å²) < 4.78 is 2.03. The monoisotopic (exact) mass is 335 g/mol. The second-order valence-electron chi connectivity index (χ2n) is 5.36. The molecule has 0 saturated heterocycles. The zero-order valence-corrected chi connectivity index (χ0v) is 15.9. The first-order valence-corrected chi connectivity index (χ1v) is 9.04. The van der Waals surface area contributed by atoms with Crippen LogP contribution in [-0.4, -0.2) is 9.78 Å². The van der Waals surface area contributed by atoms with Crippen molar-refractivity contribution in [3.8, 4) is 6.07 Å². The predicted molar refractivity (Wildman–Crippen MR) is 107 cm³/mol. The number of aryl methyl sites for hydroxylation is 1. The highest BCUT2D eigenvalue weighted by atomic mass is 15.3. The molecule has 132 valence electrons. The van der Waals surface area contributed by atoms with E-state index in [1.54, 1.807) is 0 Å². The number of rotatable bonds is 7. The van der Waals surface area contributed by atoms with Crippen LogP contribution in [0.4, 0.5) is 0 Å². The van der Waals surface area contributed by atoms with Gasteiger partial charge in [-0.3, -0.25) is 4.68 Å². The molecule has 0 aliphatic rings. The molecule has 25 heavy (non-hydrogen) atoms. The van der Waals surface area contributed by atoms with Crippen LogP contribution in [0.25, 0.3) is 10.9 Å². The highest BCUT2D eigenvalue weighted by Crippen LogP contribution is 2.34. The lowest BCUT2D eigenvalue weighted by Crippen LogP contribution is -2.04. The summed E-state index contributed by atoms with van der Waals surface area (Å²) in [5.41, 5.74) is 3.28. The van der Waals surface area contributed by atoms with Gasteiger partial charge < -0.3 is 0 Å². The molecule has 0 bridgehead atoms. The SMILES string of the molecule is C=C/C(=C\C=C/C)C(CCC#N)c1nn(CC)c2ccccc12.CC. The fourth-order valence-electron chi connectivity index (χ4n) is 2.86. The number of nitriles is 1. The summed E-state index contributed by atoms with van der Waals surface area (Å²) in [6.45, 7) is 12.9. The number of hydrogen-bond donors (Lipinski definition) is 0. The summed E-state index contributed by atoms with van der Waals surface area (Å²) in [5, 5.41) is 15.0. The van der Waals surface area contributed by atoms with Crippen molar-refractivity contribution in [3.05, 3.63) is 66.4 Å². The predicted octanol–water partition coefficient (Wildman–Crippen LogP) is 6.16. The summed E-state index contributed by atoms with van der Waals surface area (Å²) in [4.78, 5) is 0. The molecular formula is C22H29N3. The van der Waals surface area contributed by atoms with Crippen molar-refractivity contribution in [1.82, 2.24) is 9.78 Å². The van der Waals surface area contributed by atoms with E-state index in [-0.39, 0.29) is 5.92 Å². The lowest BCUT2D eigenvalue weighted by Gasteiger charge is -2.15. The molecule has 0 N–H and O–H groups in total. The molecule has 1 aromatic heterocycles. The summed E-state index contributed by atoms with van der Waals surface area (Å²) in [5.74, 6) is 0.0843. The zero-order valence-electron chi connectivity index (χ0n) is 15.9. The van der Waals surface area contributed by atoms with Crippen LogP contribution in [0.15, 0.2) is 60.7 Å². The molecule has 0 fully saturated rings. The van der Waals surface area contributed by atoms with E-state index >= 15 is 0 Å². The van der Waals surface area contributed by atoms with Gasteiger partial charge in [-0.2, -0.15) is 10.4 Å². The van der Waals surface area contributed by atoms with Gasteiger partial charge in [0.15, 0.2) is 0 Å². The molecule has 1 aromatic carbocycles. The van der Waals surface area contributed by atoms with Gasteiger partial charge in [-0.15, -0.1) is 0 Å². The van der Waals surface area contributed by atoms with Crippen LogP contribution in [-0.2, 0) is 6.54 Å². The second kappa shape index (κ2) is 11.0. The van der Waals surface area contributed by atoms with Gasteiger partial charge in [0.05, 0.1) is 17.3 Å². The largest absolute Gasteiger partial charge is 0.265 e. The molecule has 1 unspecified atom stereocenters. The topological polar surface area (TPSA) is 41.6 Å². The molecule has 3 heteroatoms. The summed E-state index contributed by atoms with van der Waals surface area (Å²) in [7, 11) is 0. The van der Waals surface area contributed by atoms with Crippen LogP contribution in [0.5, 0.6) is 0 Å². The van der Waals surface area contributed by atoms with Crippen molar-refractivity contribution in [2.45, 2.75) is 53.0 Å². The molecule has 0 aliphatic heterocycles. The van der Waals surface area contributed by atoms with Crippen molar-refractivity contribution in [2.24, 2.45) is 0 Å². The van der Waals surface area contributed by atoms with Gasteiger partial charge in [0, 0.05) is 24.3 Å². The van der Waals surface area contributed by atoms with Gasteiger partial charge in [0.2, 0.25) is 0 Å². The first kappa shape index (κ1) is 20.4. The standard InChI is InChI=1S/C20H23N3.C2H6/c1-4-7-11-16(5-2)17(13-10-15-21)20-18-12-8-9-14-19(18)23(6-3)22-20;1-2/h4-5,7-9,11-12,14,17H,2,6,10,13H2,1,3H3;1-2H3/b7-4-,16-11+;. The van der Waals surface area contributed by atoms with E-state index in [4.69, 9.17) is 10.4 Å². The van der Waals surface area contributed by atoms with Crippen molar-refractivity contribution >= 4 is 10.9 Å². The zero-order chi connectivity index (χ0) is 18.7. The third-order valence-electron chi connectivity index (χ3n) is 3.98. The molecule has 1 atom stereocenters. The minimum Gasteiger partial charge on any atom is -0.265 e. The van der Waals surface area contributed by atoms with E-state index < -0.39 is 0 Å². The van der Waals surface area contributed by atoms with E-state index in [2.05, 4.69) is 37.8 Å². The Bertz CT molecular complexity index is 772. The molecule has 0 amide bonds. The smallest absolute Gasteiger partial charge is 0.0778 e. The fourth-order valence-corrected chi connectivity index (χ4v) is 2.86. The minimum atomic E-state index is 0.0843. The quantitative estimate of drug-likeness (QED) is 0.569. The van der Waals surface area contributed by atoms with Crippen LogP contribution in [0, 0.1) is 11.3 Å². The van der Waals surface area contributed by atoms with Crippen LogP contribution < -0.4 is 0 Å². The van der Waals surface area contributed by atoms with Crippen molar-refractivity contribution < 1.29 is 0 Å². The maximum Gasteiger partial charge on any atom is 0.0778 e. The Morgan fingerprint density at radius 2 is 2.08 bits per heavy atom. The molecule has 0 radical (unpaired) electrons. The molecule has 0 saturated carbocycles. The highest BCUT2D eigenvalue weighted by molar-refractivity contribution is 5.83. The van der Waals surface area contributed by atoms with Crippen molar-refractivity contribution in [3.63, 3.8) is 0 Å². The number of para-hydroxylation sites is 1. The molecule has 0 aliphatic carbocycles. The maximum atomic E-state index is 9.02. The third kappa shape index (κ3) is 4.93. The maximum absolute atomic E-state index is 9.02. The van der Waals surface area contributed by atoms with Gasteiger partial charge in [0.25, 0.3) is 0 Å². The summed E-state index contributed by atoms with van der Waals surface area (Å²) in [6, 6.07) is 10.5. The Morgan fingerprint density at radius 3 is 2.68 bits per heavy atom. The Labute approximate surface area is 152 Å². The van der Waals surface area contributed by atoms with Gasteiger partial charge >= 0.3 is 0 Å². The van der Waals surface area contributed by atoms with Gasteiger partial charge in [-0.25, -0.2) is 0 Å². The Hall–Kier alpha value is -2.60. The van der Waals surface area contributed by atoms with Crippen LogP contribution in [0.2, 0.25) is 0 Å². The van der Waals surface area contributed by atoms with Gasteiger partial charge in [-0.1, -0.05) is 62.9 Å². The average molecular weight is 335 g/mol. The molecule has 3 nitrogen and oxygen atoms in total. The molecular weight excluding hydrogens is 306 g/mol. The van der Waals surface area contributed by atoms with Crippen LogP contribution >= 0.6 is 0 Å². The highest BCUT2D eigenvalue weighted by Gasteiger charge is 2.21. The fraction of sp³-hybridized carbons (Fsp3) is 0.364.